The highest BCUT2D eigenvalue weighted by molar-refractivity contribution is 6.15. The number of amides is 1. The van der Waals surface area contributed by atoms with E-state index in [0.29, 0.717) is 54.7 Å². The zero-order valence-corrected chi connectivity index (χ0v) is 23.5. The number of ketones is 1. The van der Waals surface area contributed by atoms with E-state index < -0.39 is 28.9 Å². The van der Waals surface area contributed by atoms with Crippen LogP contribution in [0, 0.1) is 11.6 Å². The molecule has 0 radical (unpaired) electrons. The first-order chi connectivity index (χ1) is 20.8. The number of carbonyl (C=O) groups excluding carboxylic acids is 2. The Morgan fingerprint density at radius 3 is 2.35 bits per heavy atom. The van der Waals surface area contributed by atoms with Gasteiger partial charge < -0.3 is 39.5 Å². The van der Waals surface area contributed by atoms with Crippen LogP contribution in [0.3, 0.4) is 0 Å². The van der Waals surface area contributed by atoms with Crippen molar-refractivity contribution >= 4 is 51.4 Å². The molecule has 4 heterocycles. The van der Waals surface area contributed by atoms with Crippen LogP contribution in [-0.2, 0) is 9.53 Å². The second kappa shape index (κ2) is 12.3. The number of rotatable bonds is 10. The van der Waals surface area contributed by atoms with Crippen LogP contribution in [0.15, 0.2) is 47.7 Å². The zero-order valence-electron chi connectivity index (χ0n) is 23.5. The van der Waals surface area contributed by atoms with Gasteiger partial charge in [0.1, 0.15) is 17.2 Å². The third-order valence-electron chi connectivity index (χ3n) is 6.76. The molecule has 3 aromatic heterocycles. The molecule has 0 atom stereocenters. The van der Waals surface area contributed by atoms with E-state index in [-0.39, 0.29) is 28.5 Å². The highest BCUT2D eigenvalue weighted by atomic mass is 19.1. The molecule has 5 rings (SSSR count). The second-order valence-electron chi connectivity index (χ2n) is 9.24. The number of fused-ring (bicyclic) bond motifs is 1. The van der Waals surface area contributed by atoms with E-state index in [1.165, 1.54) is 27.5 Å². The molecule has 1 aliphatic heterocycles. The van der Waals surface area contributed by atoms with Crippen molar-refractivity contribution in [1.29, 1.82) is 0 Å². The maximum Gasteiger partial charge on any atom is 0.247 e. The average molecular weight is 595 g/mol. The summed E-state index contributed by atoms with van der Waals surface area (Å²) in [6.45, 7) is 5.94. The minimum Gasteiger partial charge on any atom is -0.494 e. The molecule has 1 aromatic carbocycles. The van der Waals surface area contributed by atoms with Gasteiger partial charge in [-0.2, -0.15) is 0 Å². The summed E-state index contributed by atoms with van der Waals surface area (Å²) in [5.74, 6) is -4.02. The fourth-order valence-corrected chi connectivity index (χ4v) is 4.61. The Kier molecular flexibility index (Phi) is 8.39. The summed E-state index contributed by atoms with van der Waals surface area (Å²) in [6.07, 6.45) is 4.06. The van der Waals surface area contributed by atoms with Crippen molar-refractivity contribution < 1.29 is 37.0 Å². The van der Waals surface area contributed by atoms with Crippen molar-refractivity contribution in [3.63, 3.8) is 0 Å². The van der Waals surface area contributed by atoms with E-state index in [1.807, 2.05) is 4.90 Å². The summed E-state index contributed by atoms with van der Waals surface area (Å²) < 4.78 is 51.3. The lowest BCUT2D eigenvalue weighted by Gasteiger charge is -2.28. The lowest BCUT2D eigenvalue weighted by Crippen LogP contribution is -2.36. The molecule has 1 saturated heterocycles. The number of halogens is 2. The van der Waals surface area contributed by atoms with Gasteiger partial charge in [-0.1, -0.05) is 6.58 Å². The number of hydrogen-bond donors (Lipinski definition) is 3. The number of anilines is 5. The highest BCUT2D eigenvalue weighted by Crippen LogP contribution is 2.38. The Hall–Kier alpha value is -5.24. The summed E-state index contributed by atoms with van der Waals surface area (Å²) in [6, 6.07) is 4.32. The molecule has 1 fully saturated rings. The fraction of sp³-hybridized carbons (Fsp3) is 0.241. The van der Waals surface area contributed by atoms with Crippen molar-refractivity contribution in [2.75, 3.05) is 68.4 Å². The van der Waals surface area contributed by atoms with Crippen LogP contribution in [0.2, 0.25) is 0 Å². The number of hydrogen-bond acceptors (Lipinski definition) is 11. The van der Waals surface area contributed by atoms with Crippen LogP contribution in [0.5, 0.6) is 11.5 Å². The molecule has 1 amide bonds. The summed E-state index contributed by atoms with van der Waals surface area (Å²) in [4.78, 5) is 36.6. The van der Waals surface area contributed by atoms with Gasteiger partial charge in [-0.3, -0.25) is 9.59 Å². The van der Waals surface area contributed by atoms with Crippen LogP contribution in [-0.4, -0.2) is 69.2 Å². The number of ether oxygens (including phenoxy) is 3. The third-order valence-corrected chi connectivity index (χ3v) is 6.76. The SMILES string of the molecule is C=CC(=O)Nc1cc(N2CCOCC2)ncc1Nc1cc2c(NC)c(C(=O)c3c(F)c(OC)cc(OC)c3F)oc2cn1. The van der Waals surface area contributed by atoms with Crippen LogP contribution >= 0.6 is 0 Å². The molecule has 224 valence electrons. The minimum absolute atomic E-state index is 0.173. The second-order valence-corrected chi connectivity index (χ2v) is 9.24. The monoisotopic (exact) mass is 594 g/mol. The van der Waals surface area contributed by atoms with Crippen molar-refractivity contribution in [3.8, 4) is 11.5 Å². The van der Waals surface area contributed by atoms with Crippen molar-refractivity contribution in [2.24, 2.45) is 0 Å². The van der Waals surface area contributed by atoms with Gasteiger partial charge in [0.15, 0.2) is 34.5 Å². The molecule has 0 aliphatic carbocycles. The normalized spacial score (nSPS) is 13.0. The highest BCUT2D eigenvalue weighted by Gasteiger charge is 2.31. The predicted molar refractivity (Wildman–Crippen MR) is 156 cm³/mol. The number of furan rings is 1. The van der Waals surface area contributed by atoms with Gasteiger partial charge in [0.2, 0.25) is 11.7 Å². The van der Waals surface area contributed by atoms with Crippen LogP contribution in [0.4, 0.5) is 37.5 Å². The molecule has 3 N–H and O–H groups in total. The number of morpholine rings is 1. The van der Waals surface area contributed by atoms with Gasteiger partial charge >= 0.3 is 0 Å². The summed E-state index contributed by atoms with van der Waals surface area (Å²) in [5.41, 5.74) is 0.310. The van der Waals surface area contributed by atoms with E-state index in [9.17, 15) is 9.59 Å². The number of nitrogens with zero attached hydrogens (tertiary/aromatic N) is 3. The Bertz CT molecular complexity index is 1690. The molecule has 4 aromatic rings. The lowest BCUT2D eigenvalue weighted by atomic mass is 10.0. The fourth-order valence-electron chi connectivity index (χ4n) is 4.61. The zero-order chi connectivity index (χ0) is 30.7. The molecule has 0 unspecified atom stereocenters. The first-order valence-electron chi connectivity index (χ1n) is 13.1. The first-order valence-corrected chi connectivity index (χ1v) is 13.1. The third kappa shape index (κ3) is 5.64. The van der Waals surface area contributed by atoms with Crippen molar-refractivity contribution in [3.05, 3.63) is 66.2 Å². The quantitative estimate of drug-likeness (QED) is 0.177. The Labute approximate surface area is 244 Å². The van der Waals surface area contributed by atoms with Gasteiger partial charge in [0.25, 0.3) is 0 Å². The van der Waals surface area contributed by atoms with Gasteiger partial charge in [-0.15, -0.1) is 0 Å². The lowest BCUT2D eigenvalue weighted by molar-refractivity contribution is -0.111. The van der Waals surface area contributed by atoms with Gasteiger partial charge in [-0.25, -0.2) is 18.7 Å². The Balaban J connectivity index is 1.52. The van der Waals surface area contributed by atoms with Crippen LogP contribution in [0.1, 0.15) is 16.1 Å². The van der Waals surface area contributed by atoms with E-state index in [0.717, 1.165) is 12.1 Å². The largest absolute Gasteiger partial charge is 0.494 e. The average Bonchev–Trinajstić information content (AvgIpc) is 3.40. The molecular weight excluding hydrogens is 566 g/mol. The number of benzene rings is 1. The number of methoxy groups -OCH3 is 2. The van der Waals surface area contributed by atoms with Gasteiger partial charge in [0.05, 0.1) is 56.9 Å². The molecule has 0 bridgehead atoms. The standard InChI is InChI=1S/C29H28F2N6O6/c1-5-23(38)36-16-11-22(37-6-8-42-9-7-37)34-13-17(16)35-21-10-15-20(14-33-21)43-29(27(15)32-2)28(39)24-25(30)18(40-3)12-19(41-4)26(24)31/h5,10-14,32H,1,6-9H2,2-4H3,(H,33,35)(H,34,36,38). The molecule has 0 saturated carbocycles. The van der Waals surface area contributed by atoms with E-state index in [1.54, 1.807) is 18.3 Å². The predicted octanol–water partition coefficient (Wildman–Crippen LogP) is 4.50. The number of aromatic nitrogens is 2. The van der Waals surface area contributed by atoms with Crippen LogP contribution < -0.4 is 30.3 Å². The molecular formula is C29H28F2N6O6. The molecule has 12 nitrogen and oxygen atoms in total. The smallest absolute Gasteiger partial charge is 0.247 e. The molecule has 43 heavy (non-hydrogen) atoms. The van der Waals surface area contributed by atoms with Crippen molar-refractivity contribution in [2.45, 2.75) is 0 Å². The van der Waals surface area contributed by atoms with E-state index >= 15 is 8.78 Å². The summed E-state index contributed by atoms with van der Waals surface area (Å²) >= 11 is 0. The Morgan fingerprint density at radius 2 is 1.72 bits per heavy atom. The van der Waals surface area contributed by atoms with Gasteiger partial charge in [0, 0.05) is 37.7 Å². The molecule has 0 spiro atoms. The molecule has 1 aliphatic rings. The van der Waals surface area contributed by atoms with Gasteiger partial charge in [-0.05, 0) is 12.1 Å². The van der Waals surface area contributed by atoms with Crippen molar-refractivity contribution in [1.82, 2.24) is 9.97 Å². The summed E-state index contributed by atoms with van der Waals surface area (Å²) in [7, 11) is 3.90. The Morgan fingerprint density at radius 1 is 1.02 bits per heavy atom. The topological polar surface area (TPSA) is 140 Å². The number of carbonyl (C=O) groups is 2. The summed E-state index contributed by atoms with van der Waals surface area (Å²) in [5, 5.41) is 9.16. The van der Waals surface area contributed by atoms with Crippen LogP contribution in [0.25, 0.3) is 11.0 Å². The number of pyridine rings is 2. The maximum absolute atomic E-state index is 15.1. The first kappa shape index (κ1) is 29.3. The number of nitrogens with one attached hydrogen (secondary N) is 3. The minimum atomic E-state index is -1.20. The maximum atomic E-state index is 15.1. The van der Waals surface area contributed by atoms with E-state index in [2.05, 4.69) is 32.5 Å². The van der Waals surface area contributed by atoms with E-state index in [4.69, 9.17) is 18.6 Å². The molecule has 14 heteroatoms.